The van der Waals surface area contributed by atoms with Crippen LogP contribution >= 0.6 is 11.8 Å². The molecular weight excluding hydrogens is 276 g/mol. The van der Waals surface area contributed by atoms with Crippen molar-refractivity contribution in [3.63, 3.8) is 0 Å². The molecule has 1 heterocycles. The lowest BCUT2D eigenvalue weighted by atomic mass is 9.95. The first kappa shape index (κ1) is 13.9. The molecule has 2 saturated carbocycles. The number of esters is 1. The summed E-state index contributed by atoms with van der Waals surface area (Å²) in [5.41, 5.74) is -0.563. The Kier molecular flexibility index (Phi) is 3.72. The van der Waals surface area contributed by atoms with Crippen LogP contribution < -0.4 is 5.32 Å². The number of aryl methyl sites for hydroxylation is 1. The Morgan fingerprint density at radius 3 is 2.80 bits per heavy atom. The minimum Gasteiger partial charge on any atom is -0.468 e. The van der Waals surface area contributed by atoms with E-state index in [4.69, 9.17) is 4.74 Å². The predicted octanol–water partition coefficient (Wildman–Crippen LogP) is 0.981. The number of carbonyl (C=O) groups is 1. The summed E-state index contributed by atoms with van der Waals surface area (Å²) in [6.45, 7) is 0. The van der Waals surface area contributed by atoms with Gasteiger partial charge in [-0.1, -0.05) is 11.8 Å². The quantitative estimate of drug-likeness (QED) is 0.597. The number of hydrogen-bond acceptors (Lipinski definition) is 6. The second-order valence-corrected chi connectivity index (χ2v) is 6.55. The molecule has 1 aromatic rings. The monoisotopic (exact) mass is 296 g/mol. The molecule has 1 aromatic heterocycles. The summed E-state index contributed by atoms with van der Waals surface area (Å²) in [4.78, 5) is 16.6. The van der Waals surface area contributed by atoms with E-state index in [1.54, 1.807) is 16.4 Å². The summed E-state index contributed by atoms with van der Waals surface area (Å²) in [6.07, 6.45) is 6.02. The van der Waals surface area contributed by atoms with Crippen molar-refractivity contribution >= 4 is 17.7 Å². The highest BCUT2D eigenvalue weighted by atomic mass is 32.2. The smallest absolute Gasteiger partial charge is 0.327 e. The van der Waals surface area contributed by atoms with Gasteiger partial charge in [0.2, 0.25) is 0 Å². The van der Waals surface area contributed by atoms with Crippen LogP contribution in [0.3, 0.4) is 0 Å². The van der Waals surface area contributed by atoms with E-state index in [0.717, 1.165) is 30.8 Å². The third-order valence-corrected chi connectivity index (χ3v) is 5.19. The fourth-order valence-electron chi connectivity index (χ4n) is 2.51. The fraction of sp³-hybridized carbons (Fsp3) is 0.769. The van der Waals surface area contributed by atoms with Crippen LogP contribution in [0.15, 0.2) is 11.5 Å². The molecule has 0 bridgehead atoms. The molecule has 1 atom stereocenters. The molecule has 3 rings (SSSR count). The molecule has 2 aliphatic carbocycles. The molecule has 0 aromatic carbocycles. The van der Waals surface area contributed by atoms with Crippen LogP contribution in [0.1, 0.15) is 25.7 Å². The second kappa shape index (κ2) is 5.37. The molecule has 6 nitrogen and oxygen atoms in total. The minimum atomic E-state index is -0.563. The Morgan fingerprint density at radius 2 is 2.30 bits per heavy atom. The van der Waals surface area contributed by atoms with Gasteiger partial charge in [0.05, 0.1) is 7.11 Å². The summed E-state index contributed by atoms with van der Waals surface area (Å²) in [6, 6.07) is 0.467. The van der Waals surface area contributed by atoms with Crippen LogP contribution in [0, 0.1) is 5.92 Å². The topological polar surface area (TPSA) is 69.0 Å². The third-order valence-electron chi connectivity index (χ3n) is 3.96. The highest BCUT2D eigenvalue weighted by Crippen LogP contribution is 2.44. The van der Waals surface area contributed by atoms with Crippen LogP contribution in [-0.4, -0.2) is 45.2 Å². The molecule has 7 heteroatoms. The average molecular weight is 296 g/mol. The first-order chi connectivity index (χ1) is 9.65. The van der Waals surface area contributed by atoms with Gasteiger partial charge in [-0.3, -0.25) is 10.1 Å². The molecule has 0 spiro atoms. The molecule has 2 aliphatic rings. The number of hydrogen-bond donors (Lipinski definition) is 1. The zero-order valence-electron chi connectivity index (χ0n) is 11.8. The Morgan fingerprint density at radius 1 is 1.55 bits per heavy atom. The maximum atomic E-state index is 12.4. The maximum Gasteiger partial charge on any atom is 0.327 e. The van der Waals surface area contributed by atoms with E-state index in [-0.39, 0.29) is 5.97 Å². The Hall–Kier alpha value is -1.08. The first-order valence-electron chi connectivity index (χ1n) is 6.98. The second-order valence-electron chi connectivity index (χ2n) is 5.61. The third kappa shape index (κ3) is 2.69. The fourth-order valence-corrected chi connectivity index (χ4v) is 3.66. The Balaban J connectivity index is 1.76. The molecule has 2 fully saturated rings. The lowest BCUT2D eigenvalue weighted by Gasteiger charge is -2.32. The van der Waals surface area contributed by atoms with Gasteiger partial charge in [0, 0.05) is 18.8 Å². The van der Waals surface area contributed by atoms with Crippen molar-refractivity contribution in [1.82, 2.24) is 20.1 Å². The first-order valence-corrected chi connectivity index (χ1v) is 7.97. The Labute approximate surface area is 122 Å². The van der Waals surface area contributed by atoms with Gasteiger partial charge in [0.1, 0.15) is 11.9 Å². The van der Waals surface area contributed by atoms with Gasteiger partial charge in [0.25, 0.3) is 0 Å². The Bertz CT molecular complexity index is 498. The van der Waals surface area contributed by atoms with Crippen molar-refractivity contribution in [1.29, 1.82) is 0 Å². The number of rotatable bonds is 7. The van der Waals surface area contributed by atoms with Crippen molar-refractivity contribution in [2.24, 2.45) is 13.0 Å². The van der Waals surface area contributed by atoms with Gasteiger partial charge < -0.3 is 4.74 Å². The van der Waals surface area contributed by atoms with E-state index in [9.17, 15) is 4.79 Å². The number of methoxy groups -OCH3 is 1. The van der Waals surface area contributed by atoms with Crippen molar-refractivity contribution < 1.29 is 9.53 Å². The van der Waals surface area contributed by atoms with Gasteiger partial charge in [-0.05, 0) is 31.6 Å². The van der Waals surface area contributed by atoms with Crippen LogP contribution in [0.25, 0.3) is 0 Å². The van der Waals surface area contributed by atoms with E-state index in [0.29, 0.717) is 17.7 Å². The van der Waals surface area contributed by atoms with Gasteiger partial charge in [0.15, 0.2) is 5.16 Å². The lowest BCUT2D eigenvalue weighted by Crippen LogP contribution is -2.57. The van der Waals surface area contributed by atoms with Crippen molar-refractivity contribution in [3.8, 4) is 0 Å². The predicted molar refractivity (Wildman–Crippen MR) is 75.4 cm³/mol. The number of thioether (sulfide) groups is 1. The van der Waals surface area contributed by atoms with Gasteiger partial charge >= 0.3 is 5.97 Å². The molecule has 1 N–H and O–H groups in total. The van der Waals surface area contributed by atoms with Crippen LogP contribution in [0.5, 0.6) is 0 Å². The maximum absolute atomic E-state index is 12.4. The number of ether oxygens (including phenoxy) is 1. The lowest BCUT2D eigenvalue weighted by molar-refractivity contribution is -0.148. The van der Waals surface area contributed by atoms with Gasteiger partial charge in [-0.15, -0.1) is 0 Å². The highest BCUT2D eigenvalue weighted by Gasteiger charge is 2.53. The number of aromatic nitrogens is 3. The minimum absolute atomic E-state index is 0.137. The van der Waals surface area contributed by atoms with Crippen molar-refractivity contribution in [3.05, 3.63) is 6.33 Å². The van der Waals surface area contributed by atoms with Crippen LogP contribution in [0.2, 0.25) is 0 Å². The summed E-state index contributed by atoms with van der Waals surface area (Å²) >= 11 is 1.57. The standard InChI is InChI=1S/C13H20N4O2S/c1-17-12(14-8-15-17)20-7-13(9-3-4-9,11(18)19-2)16-10-5-6-10/h8-10,16H,3-7H2,1-2H3. The summed E-state index contributed by atoms with van der Waals surface area (Å²) in [5, 5.41) is 8.44. The SMILES string of the molecule is COC(=O)C(CSc1ncnn1C)(NC1CC1)C1CC1. The molecule has 110 valence electrons. The van der Waals surface area contributed by atoms with E-state index in [1.807, 2.05) is 7.05 Å². The molecule has 0 radical (unpaired) electrons. The summed E-state index contributed by atoms with van der Waals surface area (Å²) in [5.74, 6) is 0.894. The molecule has 1 unspecified atom stereocenters. The van der Waals surface area contributed by atoms with E-state index in [1.165, 1.54) is 13.4 Å². The molecule has 0 amide bonds. The summed E-state index contributed by atoms with van der Waals surface area (Å²) < 4.78 is 6.82. The van der Waals surface area contributed by atoms with Gasteiger partial charge in [-0.25, -0.2) is 9.67 Å². The van der Waals surface area contributed by atoms with E-state index >= 15 is 0 Å². The van der Waals surface area contributed by atoms with Crippen LogP contribution in [0.4, 0.5) is 0 Å². The van der Waals surface area contributed by atoms with E-state index in [2.05, 4.69) is 15.4 Å². The largest absolute Gasteiger partial charge is 0.468 e. The molecule has 0 aliphatic heterocycles. The number of nitrogens with one attached hydrogen (secondary N) is 1. The number of nitrogens with zero attached hydrogens (tertiary/aromatic N) is 3. The average Bonchev–Trinajstić information content (AvgIpc) is 3.34. The zero-order chi connectivity index (χ0) is 14.2. The zero-order valence-corrected chi connectivity index (χ0v) is 12.7. The van der Waals surface area contributed by atoms with E-state index < -0.39 is 5.54 Å². The molecule has 20 heavy (non-hydrogen) atoms. The van der Waals surface area contributed by atoms with Crippen molar-refractivity contribution in [2.75, 3.05) is 12.9 Å². The normalized spacial score (nSPS) is 21.5. The van der Waals surface area contributed by atoms with Gasteiger partial charge in [-0.2, -0.15) is 5.10 Å². The van der Waals surface area contributed by atoms with Crippen LogP contribution in [-0.2, 0) is 16.6 Å². The molecular formula is C13H20N4O2S. The highest BCUT2D eigenvalue weighted by molar-refractivity contribution is 7.99. The molecule has 0 saturated heterocycles. The summed E-state index contributed by atoms with van der Waals surface area (Å²) in [7, 11) is 3.33. The van der Waals surface area contributed by atoms with Crippen molar-refractivity contribution in [2.45, 2.75) is 42.4 Å². The number of carbonyl (C=O) groups excluding carboxylic acids is 1.